The summed E-state index contributed by atoms with van der Waals surface area (Å²) in [5, 5.41) is 5.96. The summed E-state index contributed by atoms with van der Waals surface area (Å²) in [6.07, 6.45) is 2.04. The quantitative estimate of drug-likeness (QED) is 0.406. The van der Waals surface area contributed by atoms with E-state index >= 15 is 0 Å². The number of anilines is 2. The van der Waals surface area contributed by atoms with E-state index in [0.717, 1.165) is 61.9 Å². The molecule has 1 fully saturated rings. The van der Waals surface area contributed by atoms with Crippen molar-refractivity contribution in [2.24, 2.45) is 0 Å². The van der Waals surface area contributed by atoms with Gasteiger partial charge in [-0.25, -0.2) is 9.97 Å². The summed E-state index contributed by atoms with van der Waals surface area (Å²) in [4.78, 5) is 25.5. The Morgan fingerprint density at radius 2 is 1.71 bits per heavy atom. The first-order valence-electron chi connectivity index (χ1n) is 12.8. The molecule has 2 heterocycles. The van der Waals surface area contributed by atoms with Crippen molar-refractivity contribution in [2.75, 3.05) is 43.9 Å². The Bertz CT molecular complexity index is 1230. The van der Waals surface area contributed by atoms with Gasteiger partial charge in [0.2, 0.25) is 0 Å². The zero-order chi connectivity index (χ0) is 27.1. The topological polar surface area (TPSA) is 73.4 Å². The Balaban J connectivity index is 1.53. The van der Waals surface area contributed by atoms with Gasteiger partial charge in [0.1, 0.15) is 6.33 Å². The third kappa shape index (κ3) is 7.52. The standard InChI is InChI=1S/C28H33F3N6O/c1-3-4-21-5-6-22(13-23(21)15-34-26-16-32-19-33-17-26)27(38)35-25-12-20(11-24(14-25)28(29,30)31)18-37-9-7-36(2)8-10-37/h5-6,11-14,16-17,19,34H,3-4,7-10,15,18H2,1-2H3,(H,35,38). The van der Waals surface area contributed by atoms with Crippen LogP contribution in [0.2, 0.25) is 0 Å². The van der Waals surface area contributed by atoms with E-state index < -0.39 is 17.6 Å². The third-order valence-corrected chi connectivity index (χ3v) is 6.61. The van der Waals surface area contributed by atoms with Crippen LogP contribution in [0, 0.1) is 0 Å². The van der Waals surface area contributed by atoms with Crippen molar-refractivity contribution in [1.82, 2.24) is 19.8 Å². The van der Waals surface area contributed by atoms with E-state index in [1.54, 1.807) is 30.6 Å². The summed E-state index contributed by atoms with van der Waals surface area (Å²) in [5.74, 6) is -0.456. The van der Waals surface area contributed by atoms with E-state index in [-0.39, 0.29) is 5.69 Å². The van der Waals surface area contributed by atoms with Crippen molar-refractivity contribution >= 4 is 17.3 Å². The summed E-state index contributed by atoms with van der Waals surface area (Å²) in [6, 6.07) is 9.21. The SMILES string of the molecule is CCCc1ccc(C(=O)Nc2cc(CN3CCN(C)CC3)cc(C(F)(F)F)c2)cc1CNc1cncnc1. The molecular weight excluding hydrogens is 493 g/mol. The fourth-order valence-corrected chi connectivity index (χ4v) is 4.52. The predicted octanol–water partition coefficient (Wildman–Crippen LogP) is 5.06. The molecule has 1 amide bonds. The van der Waals surface area contributed by atoms with Crippen molar-refractivity contribution in [1.29, 1.82) is 0 Å². The number of likely N-dealkylation sites (N-methyl/N-ethyl adjacent to an activating group) is 1. The largest absolute Gasteiger partial charge is 0.416 e. The number of rotatable bonds is 9. The molecule has 0 bridgehead atoms. The van der Waals surface area contributed by atoms with Gasteiger partial charge in [-0.3, -0.25) is 9.69 Å². The van der Waals surface area contributed by atoms with Crippen LogP contribution in [0.25, 0.3) is 0 Å². The van der Waals surface area contributed by atoms with Crippen LogP contribution < -0.4 is 10.6 Å². The van der Waals surface area contributed by atoms with Crippen LogP contribution in [-0.4, -0.2) is 58.9 Å². The molecule has 38 heavy (non-hydrogen) atoms. The predicted molar refractivity (Wildman–Crippen MR) is 142 cm³/mol. The molecule has 0 radical (unpaired) electrons. The van der Waals surface area contributed by atoms with Gasteiger partial charge in [-0.05, 0) is 60.5 Å². The molecule has 1 saturated heterocycles. The maximum atomic E-state index is 13.7. The van der Waals surface area contributed by atoms with E-state index in [1.807, 2.05) is 13.1 Å². The van der Waals surface area contributed by atoms with Gasteiger partial charge >= 0.3 is 6.18 Å². The molecule has 1 aliphatic heterocycles. The normalized spacial score (nSPS) is 14.9. The number of nitrogens with zero attached hydrogens (tertiary/aromatic N) is 4. The summed E-state index contributed by atoms with van der Waals surface area (Å²) in [6.45, 7) is 6.23. The Kier molecular flexibility index (Phi) is 8.96. The molecule has 4 rings (SSSR count). The smallest absolute Gasteiger partial charge is 0.378 e. The molecule has 0 unspecified atom stereocenters. The van der Waals surface area contributed by atoms with Crippen LogP contribution in [0.5, 0.6) is 0 Å². The minimum absolute atomic E-state index is 0.132. The zero-order valence-electron chi connectivity index (χ0n) is 21.7. The Morgan fingerprint density at radius 3 is 2.39 bits per heavy atom. The number of aryl methyl sites for hydroxylation is 1. The second kappa shape index (κ2) is 12.4. The van der Waals surface area contributed by atoms with Crippen LogP contribution in [-0.2, 0) is 25.7 Å². The first kappa shape index (κ1) is 27.5. The van der Waals surface area contributed by atoms with Gasteiger partial charge in [0.15, 0.2) is 0 Å². The molecule has 2 aromatic carbocycles. The van der Waals surface area contributed by atoms with Crippen LogP contribution in [0.15, 0.2) is 55.1 Å². The number of aromatic nitrogens is 2. The number of halogens is 3. The Labute approximate surface area is 221 Å². The first-order valence-corrected chi connectivity index (χ1v) is 12.8. The van der Waals surface area contributed by atoms with Gasteiger partial charge in [0.05, 0.1) is 23.6 Å². The monoisotopic (exact) mass is 526 g/mol. The average molecular weight is 527 g/mol. The Hall–Kier alpha value is -3.50. The molecule has 0 saturated carbocycles. The maximum absolute atomic E-state index is 13.7. The number of hydrogen-bond acceptors (Lipinski definition) is 6. The minimum atomic E-state index is -4.51. The van der Waals surface area contributed by atoms with E-state index in [9.17, 15) is 18.0 Å². The zero-order valence-corrected chi connectivity index (χ0v) is 21.7. The number of nitrogens with one attached hydrogen (secondary N) is 2. The summed E-state index contributed by atoms with van der Waals surface area (Å²) in [5.41, 5.74) is 3.05. The van der Waals surface area contributed by atoms with Crippen molar-refractivity contribution in [3.8, 4) is 0 Å². The molecule has 0 aliphatic carbocycles. The van der Waals surface area contributed by atoms with Gasteiger partial charge in [-0.1, -0.05) is 19.4 Å². The highest BCUT2D eigenvalue weighted by Gasteiger charge is 2.31. The van der Waals surface area contributed by atoms with E-state index in [1.165, 1.54) is 12.4 Å². The number of alkyl halides is 3. The van der Waals surface area contributed by atoms with Gasteiger partial charge in [0, 0.05) is 50.5 Å². The van der Waals surface area contributed by atoms with Crippen molar-refractivity contribution in [3.63, 3.8) is 0 Å². The number of carbonyl (C=O) groups excluding carboxylic acids is 1. The summed E-state index contributed by atoms with van der Waals surface area (Å²) >= 11 is 0. The first-order chi connectivity index (χ1) is 18.2. The second-order valence-corrected chi connectivity index (χ2v) is 9.66. The van der Waals surface area contributed by atoms with Crippen molar-refractivity contribution in [3.05, 3.63) is 82.9 Å². The molecule has 0 atom stereocenters. The highest BCUT2D eigenvalue weighted by molar-refractivity contribution is 6.04. The molecule has 0 spiro atoms. The maximum Gasteiger partial charge on any atom is 0.416 e. The van der Waals surface area contributed by atoms with Crippen LogP contribution in [0.3, 0.4) is 0 Å². The minimum Gasteiger partial charge on any atom is -0.378 e. The number of amides is 1. The molecular formula is C28H33F3N6O. The number of benzene rings is 2. The summed E-state index contributed by atoms with van der Waals surface area (Å²) < 4.78 is 41.1. The van der Waals surface area contributed by atoms with Gasteiger partial charge in [-0.15, -0.1) is 0 Å². The van der Waals surface area contributed by atoms with Gasteiger partial charge < -0.3 is 15.5 Å². The molecule has 3 aromatic rings. The lowest BCUT2D eigenvalue weighted by molar-refractivity contribution is -0.137. The highest BCUT2D eigenvalue weighted by atomic mass is 19.4. The van der Waals surface area contributed by atoms with Crippen molar-refractivity contribution < 1.29 is 18.0 Å². The molecule has 10 heteroatoms. The van der Waals surface area contributed by atoms with E-state index in [0.29, 0.717) is 24.2 Å². The number of piperazine rings is 1. The van der Waals surface area contributed by atoms with E-state index in [2.05, 4.69) is 37.3 Å². The van der Waals surface area contributed by atoms with Crippen LogP contribution in [0.4, 0.5) is 24.5 Å². The van der Waals surface area contributed by atoms with E-state index in [4.69, 9.17) is 0 Å². The molecule has 2 N–H and O–H groups in total. The lowest BCUT2D eigenvalue weighted by Gasteiger charge is -2.32. The molecule has 1 aromatic heterocycles. The lowest BCUT2D eigenvalue weighted by atomic mass is 9.99. The lowest BCUT2D eigenvalue weighted by Crippen LogP contribution is -2.43. The van der Waals surface area contributed by atoms with Crippen LogP contribution in [0.1, 0.15) is 46.0 Å². The molecule has 202 valence electrons. The van der Waals surface area contributed by atoms with Crippen LogP contribution >= 0.6 is 0 Å². The fourth-order valence-electron chi connectivity index (χ4n) is 4.52. The van der Waals surface area contributed by atoms with Gasteiger partial charge in [-0.2, -0.15) is 13.2 Å². The van der Waals surface area contributed by atoms with Gasteiger partial charge in [0.25, 0.3) is 5.91 Å². The number of carbonyl (C=O) groups is 1. The van der Waals surface area contributed by atoms with Crippen molar-refractivity contribution in [2.45, 2.75) is 39.0 Å². The Morgan fingerprint density at radius 1 is 0.974 bits per heavy atom. The third-order valence-electron chi connectivity index (χ3n) is 6.61. The highest BCUT2D eigenvalue weighted by Crippen LogP contribution is 2.32. The summed E-state index contributed by atoms with van der Waals surface area (Å²) in [7, 11) is 2.03. The second-order valence-electron chi connectivity index (χ2n) is 9.66. The molecule has 7 nitrogen and oxygen atoms in total. The fraction of sp³-hybridized carbons (Fsp3) is 0.393. The number of hydrogen-bond donors (Lipinski definition) is 2. The molecule has 1 aliphatic rings. The average Bonchev–Trinajstić information content (AvgIpc) is 2.89.